The van der Waals surface area contributed by atoms with E-state index >= 15 is 0 Å². The predicted molar refractivity (Wildman–Crippen MR) is 46.3 cm³/mol. The normalized spacial score (nSPS) is 11.5. The van der Waals surface area contributed by atoms with Gasteiger partial charge in [0.1, 0.15) is 0 Å². The van der Waals surface area contributed by atoms with Gasteiger partial charge in [-0.2, -0.15) is 0 Å². The zero-order valence-corrected chi connectivity index (χ0v) is 7.76. The first kappa shape index (κ1) is 10.9. The summed E-state index contributed by atoms with van der Waals surface area (Å²) in [6.07, 6.45) is 0.969. The first-order valence-corrected chi connectivity index (χ1v) is 4.22. The minimum Gasteiger partial charge on any atom is -0.396 e. The van der Waals surface area contributed by atoms with Crippen LogP contribution in [-0.4, -0.2) is 24.9 Å². The third-order valence-electron chi connectivity index (χ3n) is 1.43. The summed E-state index contributed by atoms with van der Waals surface area (Å²) in [5.74, 6) is 1.71. The fourth-order valence-corrected chi connectivity index (χ4v) is 0.993. The zero-order valence-electron chi connectivity index (χ0n) is 7.76. The molecule has 0 saturated heterocycles. The summed E-state index contributed by atoms with van der Waals surface area (Å²) in [6, 6.07) is 0. The molecule has 1 N–H and O–H groups in total. The quantitative estimate of drug-likeness (QED) is 0.638. The van der Waals surface area contributed by atoms with Crippen molar-refractivity contribution in [1.82, 2.24) is 0 Å². The zero-order chi connectivity index (χ0) is 8.69. The molecule has 11 heavy (non-hydrogen) atoms. The minimum atomic E-state index is 0.165. The van der Waals surface area contributed by atoms with Crippen molar-refractivity contribution in [2.24, 2.45) is 5.92 Å². The summed E-state index contributed by atoms with van der Waals surface area (Å²) < 4.78 is 5.19. The molecule has 0 bridgehead atoms. The van der Waals surface area contributed by atoms with Gasteiger partial charge in [-0.25, -0.2) is 0 Å². The van der Waals surface area contributed by atoms with Crippen molar-refractivity contribution < 1.29 is 9.84 Å². The molecule has 67 valence electrons. The molecule has 0 aliphatic heterocycles. The fourth-order valence-electron chi connectivity index (χ4n) is 0.993. The minimum absolute atomic E-state index is 0.165. The molecule has 0 rings (SSSR count). The average Bonchev–Trinajstić information content (AvgIpc) is 1.97. The monoisotopic (exact) mass is 159 g/mol. The van der Waals surface area contributed by atoms with E-state index in [2.05, 4.69) is 13.8 Å². The van der Waals surface area contributed by atoms with Crippen LogP contribution in [0, 0.1) is 11.8 Å². The van der Waals surface area contributed by atoms with Crippen LogP contribution in [0.25, 0.3) is 0 Å². The Morgan fingerprint density at radius 3 is 2.45 bits per heavy atom. The Morgan fingerprint density at radius 1 is 1.45 bits per heavy atom. The van der Waals surface area contributed by atoms with Gasteiger partial charge in [0.25, 0.3) is 0 Å². The Hall–Kier alpha value is -0.0800. The highest BCUT2D eigenvalue weighted by molar-refractivity contribution is 4.89. The maximum absolute atomic E-state index is 8.88. The molecule has 0 amide bonds. The Labute approximate surface area is 69.6 Å². The highest BCUT2D eigenvalue weighted by atomic mass is 16.5. The molecule has 0 fully saturated rings. The Kier molecular flexibility index (Phi) is 6.57. The van der Waals surface area contributed by atoms with Crippen LogP contribution in [0.3, 0.4) is 0 Å². The van der Waals surface area contributed by atoms with Crippen molar-refractivity contribution in [2.75, 3.05) is 19.8 Å². The molecule has 1 radical (unpaired) electrons. The van der Waals surface area contributed by atoms with E-state index in [9.17, 15) is 0 Å². The summed E-state index contributed by atoms with van der Waals surface area (Å²) in [6.45, 7) is 7.75. The van der Waals surface area contributed by atoms with Gasteiger partial charge < -0.3 is 9.84 Å². The number of aliphatic hydroxyl groups excluding tert-OH is 1. The summed E-state index contributed by atoms with van der Waals surface area (Å²) in [5.41, 5.74) is 0. The van der Waals surface area contributed by atoms with Gasteiger partial charge in [0.05, 0.1) is 13.2 Å². The molecular weight excluding hydrogens is 140 g/mol. The van der Waals surface area contributed by atoms with Gasteiger partial charge >= 0.3 is 0 Å². The van der Waals surface area contributed by atoms with Crippen LogP contribution in [0.2, 0.25) is 0 Å². The molecule has 0 unspecified atom stereocenters. The van der Waals surface area contributed by atoms with Crippen molar-refractivity contribution >= 4 is 0 Å². The number of hydrogen-bond donors (Lipinski definition) is 1. The van der Waals surface area contributed by atoms with Gasteiger partial charge in [-0.1, -0.05) is 13.8 Å². The molecule has 0 aromatic rings. The average molecular weight is 159 g/mol. The summed E-state index contributed by atoms with van der Waals surface area (Å²) in [5, 5.41) is 8.88. The van der Waals surface area contributed by atoms with E-state index in [-0.39, 0.29) is 6.61 Å². The number of ether oxygens (including phenoxy) is 1. The van der Waals surface area contributed by atoms with Crippen molar-refractivity contribution in [3.63, 3.8) is 0 Å². The Morgan fingerprint density at radius 2 is 2.09 bits per heavy atom. The lowest BCUT2D eigenvalue weighted by Gasteiger charge is -2.14. The highest BCUT2D eigenvalue weighted by Gasteiger charge is 2.09. The second-order valence-electron chi connectivity index (χ2n) is 3.14. The van der Waals surface area contributed by atoms with E-state index in [4.69, 9.17) is 9.84 Å². The molecule has 0 aromatic carbocycles. The fraction of sp³-hybridized carbons (Fsp3) is 0.889. The summed E-state index contributed by atoms with van der Waals surface area (Å²) in [7, 11) is 0. The van der Waals surface area contributed by atoms with Crippen LogP contribution in [0.1, 0.15) is 27.2 Å². The first-order chi connectivity index (χ1) is 5.20. The van der Waals surface area contributed by atoms with Crippen LogP contribution in [0.15, 0.2) is 0 Å². The molecule has 0 aliphatic rings. The van der Waals surface area contributed by atoms with Gasteiger partial charge in [0, 0.05) is 12.5 Å². The molecule has 2 nitrogen and oxygen atoms in total. The predicted octanol–water partition coefficient (Wildman–Crippen LogP) is 1.64. The van der Waals surface area contributed by atoms with Crippen LogP contribution in [-0.2, 0) is 4.74 Å². The highest BCUT2D eigenvalue weighted by Crippen LogP contribution is 2.13. The number of rotatable bonds is 6. The second kappa shape index (κ2) is 6.62. The van der Waals surface area contributed by atoms with Crippen molar-refractivity contribution in [3.8, 4) is 0 Å². The molecule has 0 aliphatic carbocycles. The Balaban J connectivity index is 3.41. The molecular formula is C9H19O2. The van der Waals surface area contributed by atoms with Gasteiger partial charge in [-0.15, -0.1) is 0 Å². The van der Waals surface area contributed by atoms with Crippen LogP contribution in [0.4, 0.5) is 0 Å². The molecule has 0 saturated carbocycles. The molecule has 0 atom stereocenters. The van der Waals surface area contributed by atoms with Gasteiger partial charge in [0.15, 0.2) is 0 Å². The lowest BCUT2D eigenvalue weighted by Crippen LogP contribution is -2.13. The third-order valence-corrected chi connectivity index (χ3v) is 1.43. The maximum Gasteiger partial charge on any atom is 0.0551 e. The van der Waals surface area contributed by atoms with Crippen LogP contribution in [0.5, 0.6) is 0 Å². The second-order valence-corrected chi connectivity index (χ2v) is 3.14. The number of hydrogen-bond acceptors (Lipinski definition) is 2. The van der Waals surface area contributed by atoms with Crippen LogP contribution < -0.4 is 0 Å². The van der Waals surface area contributed by atoms with E-state index in [1.165, 1.54) is 0 Å². The topological polar surface area (TPSA) is 29.5 Å². The van der Waals surface area contributed by atoms with Gasteiger partial charge in [0.2, 0.25) is 0 Å². The van der Waals surface area contributed by atoms with Crippen LogP contribution >= 0.6 is 0 Å². The van der Waals surface area contributed by atoms with E-state index in [1.807, 2.05) is 6.92 Å². The number of aliphatic hydroxyl groups is 1. The maximum atomic E-state index is 8.88. The van der Waals surface area contributed by atoms with E-state index < -0.39 is 0 Å². The molecule has 0 spiro atoms. The van der Waals surface area contributed by atoms with E-state index in [0.29, 0.717) is 12.5 Å². The third kappa shape index (κ3) is 6.32. The molecule has 0 aromatic heterocycles. The summed E-state index contributed by atoms with van der Waals surface area (Å²) >= 11 is 0. The van der Waals surface area contributed by atoms with Gasteiger partial charge in [-0.3, -0.25) is 0 Å². The van der Waals surface area contributed by atoms with Crippen molar-refractivity contribution in [1.29, 1.82) is 0 Å². The van der Waals surface area contributed by atoms with E-state index in [1.54, 1.807) is 0 Å². The lowest BCUT2D eigenvalue weighted by atomic mass is 9.99. The first-order valence-electron chi connectivity index (χ1n) is 4.22. The van der Waals surface area contributed by atoms with E-state index in [0.717, 1.165) is 18.9 Å². The smallest absolute Gasteiger partial charge is 0.0551 e. The van der Waals surface area contributed by atoms with Crippen molar-refractivity contribution in [2.45, 2.75) is 27.2 Å². The molecule has 2 heteroatoms. The largest absolute Gasteiger partial charge is 0.396 e. The lowest BCUT2D eigenvalue weighted by molar-refractivity contribution is 0.135. The van der Waals surface area contributed by atoms with Crippen molar-refractivity contribution in [3.05, 3.63) is 5.92 Å². The standard InChI is InChI=1S/C9H19O2/c1-4-11-7-9(6-10)5-8(2)3/h8,10H,4-7H2,1-3H3. The van der Waals surface area contributed by atoms with Gasteiger partial charge in [-0.05, 0) is 19.3 Å². The molecule has 0 heterocycles. The SMILES string of the molecule is CCOC[C](CO)CC(C)C. The Bertz CT molecular complexity index is 81.6. The summed E-state index contributed by atoms with van der Waals surface area (Å²) in [4.78, 5) is 0.